The molecule has 0 aromatic heterocycles. The molecule has 3 rings (SSSR count). The number of para-hydroxylation sites is 1. The standard InChI is InChI=1S/C16H17NO3/c1-10-9-16(3)14(11(2)13(10)18)17(15(19)20-16)12-7-5-4-6-8-12/h4-9,11,14H,1-3H3/t11?,14-,16+/m0/s1. The van der Waals surface area contributed by atoms with Crippen molar-refractivity contribution < 1.29 is 14.3 Å². The molecule has 0 N–H and O–H groups in total. The van der Waals surface area contributed by atoms with Crippen molar-refractivity contribution in [1.29, 1.82) is 0 Å². The summed E-state index contributed by atoms with van der Waals surface area (Å²) in [5.74, 6) is -0.205. The molecule has 1 heterocycles. The van der Waals surface area contributed by atoms with E-state index in [-0.39, 0.29) is 17.7 Å². The van der Waals surface area contributed by atoms with Crippen molar-refractivity contribution in [2.75, 3.05) is 4.90 Å². The number of amides is 1. The van der Waals surface area contributed by atoms with Crippen molar-refractivity contribution >= 4 is 17.6 Å². The lowest BCUT2D eigenvalue weighted by atomic mass is 9.76. The zero-order valence-corrected chi connectivity index (χ0v) is 11.8. The summed E-state index contributed by atoms with van der Waals surface area (Å²) >= 11 is 0. The maximum atomic E-state index is 12.3. The summed E-state index contributed by atoms with van der Waals surface area (Å²) < 4.78 is 5.57. The van der Waals surface area contributed by atoms with Gasteiger partial charge in [0.25, 0.3) is 0 Å². The molecule has 1 aliphatic heterocycles. The van der Waals surface area contributed by atoms with Crippen molar-refractivity contribution in [2.45, 2.75) is 32.4 Å². The van der Waals surface area contributed by atoms with Crippen LogP contribution in [0.3, 0.4) is 0 Å². The lowest BCUT2D eigenvalue weighted by molar-refractivity contribution is -0.121. The Labute approximate surface area is 118 Å². The quantitative estimate of drug-likeness (QED) is 0.789. The summed E-state index contributed by atoms with van der Waals surface area (Å²) in [6, 6.07) is 9.05. The molecule has 104 valence electrons. The first-order valence-corrected chi connectivity index (χ1v) is 6.75. The summed E-state index contributed by atoms with van der Waals surface area (Å²) in [6.07, 6.45) is 1.38. The average Bonchev–Trinajstić information content (AvgIpc) is 2.68. The van der Waals surface area contributed by atoms with Gasteiger partial charge in [0, 0.05) is 11.6 Å². The first-order chi connectivity index (χ1) is 9.44. The van der Waals surface area contributed by atoms with Crippen LogP contribution in [-0.2, 0) is 9.53 Å². The van der Waals surface area contributed by atoms with Gasteiger partial charge in [-0.05, 0) is 37.6 Å². The minimum atomic E-state index is -0.746. The summed E-state index contributed by atoms with van der Waals surface area (Å²) in [5, 5.41) is 0. The molecule has 0 radical (unpaired) electrons. The van der Waals surface area contributed by atoms with Crippen LogP contribution in [0.5, 0.6) is 0 Å². The van der Waals surface area contributed by atoms with E-state index in [1.807, 2.05) is 44.2 Å². The van der Waals surface area contributed by atoms with E-state index in [1.165, 1.54) is 0 Å². The minimum absolute atomic E-state index is 0.0757. The van der Waals surface area contributed by atoms with Gasteiger partial charge in [-0.25, -0.2) is 4.79 Å². The highest BCUT2D eigenvalue weighted by Gasteiger charge is 2.56. The monoisotopic (exact) mass is 271 g/mol. The van der Waals surface area contributed by atoms with E-state index >= 15 is 0 Å². The van der Waals surface area contributed by atoms with Crippen LogP contribution in [0.25, 0.3) is 0 Å². The number of benzene rings is 1. The van der Waals surface area contributed by atoms with E-state index in [0.29, 0.717) is 5.57 Å². The second kappa shape index (κ2) is 4.20. The van der Waals surface area contributed by atoms with E-state index < -0.39 is 11.7 Å². The van der Waals surface area contributed by atoms with Crippen molar-refractivity contribution in [1.82, 2.24) is 0 Å². The third kappa shape index (κ3) is 1.68. The van der Waals surface area contributed by atoms with Crippen molar-refractivity contribution in [2.24, 2.45) is 5.92 Å². The topological polar surface area (TPSA) is 46.6 Å². The van der Waals surface area contributed by atoms with Crippen molar-refractivity contribution in [3.8, 4) is 0 Å². The number of anilines is 1. The highest BCUT2D eigenvalue weighted by Crippen LogP contribution is 2.42. The molecule has 2 aliphatic rings. The molecular formula is C16H17NO3. The zero-order valence-electron chi connectivity index (χ0n) is 11.8. The normalized spacial score (nSPS) is 32.8. The van der Waals surface area contributed by atoms with E-state index in [9.17, 15) is 9.59 Å². The predicted molar refractivity (Wildman–Crippen MR) is 75.5 cm³/mol. The van der Waals surface area contributed by atoms with Gasteiger partial charge in [0.2, 0.25) is 0 Å². The van der Waals surface area contributed by atoms with Crippen LogP contribution < -0.4 is 4.90 Å². The summed E-state index contributed by atoms with van der Waals surface area (Å²) in [7, 11) is 0. The first-order valence-electron chi connectivity index (χ1n) is 6.75. The molecule has 4 heteroatoms. The second-order valence-corrected chi connectivity index (χ2v) is 5.68. The fourth-order valence-electron chi connectivity index (χ4n) is 3.36. The Kier molecular flexibility index (Phi) is 2.71. The fourth-order valence-corrected chi connectivity index (χ4v) is 3.36. The SMILES string of the molecule is CC1=C[C@@]2(C)OC(=O)N(c3ccccc3)[C@H]2C(C)C1=O. The number of carbonyl (C=O) groups is 2. The third-order valence-corrected chi connectivity index (χ3v) is 4.18. The van der Waals surface area contributed by atoms with Crippen LogP contribution in [0, 0.1) is 5.92 Å². The molecular weight excluding hydrogens is 254 g/mol. The van der Waals surface area contributed by atoms with Crippen LogP contribution >= 0.6 is 0 Å². The van der Waals surface area contributed by atoms with Gasteiger partial charge in [-0.15, -0.1) is 0 Å². The number of Topliss-reactive ketones (excluding diaryl/α,β-unsaturated/α-hetero) is 1. The third-order valence-electron chi connectivity index (χ3n) is 4.18. The number of hydrogen-bond donors (Lipinski definition) is 0. The maximum absolute atomic E-state index is 12.3. The number of ether oxygens (including phenoxy) is 1. The van der Waals surface area contributed by atoms with Crippen molar-refractivity contribution in [3.05, 3.63) is 42.0 Å². The van der Waals surface area contributed by atoms with Gasteiger partial charge in [-0.3, -0.25) is 9.69 Å². The largest absolute Gasteiger partial charge is 0.436 e. The smallest absolute Gasteiger partial charge is 0.415 e. The predicted octanol–water partition coefficient (Wildman–Crippen LogP) is 2.94. The molecule has 4 nitrogen and oxygen atoms in total. The molecule has 0 bridgehead atoms. The molecule has 3 atom stereocenters. The van der Waals surface area contributed by atoms with E-state index in [0.717, 1.165) is 5.69 Å². The molecule has 0 spiro atoms. The Balaban J connectivity index is 2.11. The lowest BCUT2D eigenvalue weighted by Gasteiger charge is -2.37. The number of allylic oxidation sites excluding steroid dienone is 1. The van der Waals surface area contributed by atoms with Gasteiger partial charge in [-0.2, -0.15) is 0 Å². The minimum Gasteiger partial charge on any atom is -0.436 e. The highest BCUT2D eigenvalue weighted by atomic mass is 16.6. The number of nitrogens with zero attached hydrogens (tertiary/aromatic N) is 1. The summed E-state index contributed by atoms with van der Waals surface area (Å²) in [6.45, 7) is 5.50. The number of carbonyl (C=O) groups excluding carboxylic acids is 2. The summed E-state index contributed by atoms with van der Waals surface area (Å²) in [4.78, 5) is 26.1. The van der Waals surface area contributed by atoms with Crippen LogP contribution in [0.1, 0.15) is 20.8 Å². The molecule has 1 aromatic carbocycles. The van der Waals surface area contributed by atoms with E-state index in [2.05, 4.69) is 0 Å². The van der Waals surface area contributed by atoms with Gasteiger partial charge in [0.1, 0.15) is 0 Å². The van der Waals surface area contributed by atoms with Gasteiger partial charge >= 0.3 is 6.09 Å². The molecule has 1 unspecified atom stereocenters. The molecule has 1 saturated heterocycles. The van der Waals surface area contributed by atoms with E-state index in [1.54, 1.807) is 17.9 Å². The Morgan fingerprint density at radius 1 is 1.20 bits per heavy atom. The highest BCUT2D eigenvalue weighted by molar-refractivity contribution is 6.02. The van der Waals surface area contributed by atoms with Gasteiger partial charge in [0.05, 0.1) is 6.04 Å². The molecule has 1 amide bonds. The Morgan fingerprint density at radius 2 is 1.85 bits per heavy atom. The van der Waals surface area contributed by atoms with Crippen LogP contribution in [0.15, 0.2) is 42.0 Å². The lowest BCUT2D eigenvalue weighted by Crippen LogP contribution is -2.52. The number of fused-ring (bicyclic) bond motifs is 1. The first kappa shape index (κ1) is 12.9. The Hall–Kier alpha value is -2.10. The molecule has 1 aliphatic carbocycles. The number of hydrogen-bond acceptors (Lipinski definition) is 3. The molecule has 0 saturated carbocycles. The van der Waals surface area contributed by atoms with Gasteiger partial charge < -0.3 is 4.74 Å². The van der Waals surface area contributed by atoms with Crippen molar-refractivity contribution in [3.63, 3.8) is 0 Å². The van der Waals surface area contributed by atoms with E-state index in [4.69, 9.17) is 4.74 Å². The second-order valence-electron chi connectivity index (χ2n) is 5.68. The van der Waals surface area contributed by atoms with Gasteiger partial charge in [-0.1, -0.05) is 25.1 Å². The molecule has 1 aromatic rings. The summed E-state index contributed by atoms with van der Waals surface area (Å²) in [5.41, 5.74) is 0.683. The van der Waals surface area contributed by atoms with Crippen LogP contribution in [0.2, 0.25) is 0 Å². The zero-order chi connectivity index (χ0) is 14.5. The number of rotatable bonds is 1. The van der Waals surface area contributed by atoms with Gasteiger partial charge in [0.15, 0.2) is 11.4 Å². The molecule has 1 fully saturated rings. The Morgan fingerprint density at radius 3 is 2.50 bits per heavy atom. The number of ketones is 1. The molecule has 20 heavy (non-hydrogen) atoms. The Bertz CT molecular complexity index is 607. The van der Waals surface area contributed by atoms with Crippen LogP contribution in [0.4, 0.5) is 10.5 Å². The van der Waals surface area contributed by atoms with Crippen LogP contribution in [-0.4, -0.2) is 23.5 Å². The average molecular weight is 271 g/mol. The maximum Gasteiger partial charge on any atom is 0.415 e. The fraction of sp³-hybridized carbons (Fsp3) is 0.375.